The first kappa shape index (κ1) is 25.9. The highest BCUT2D eigenvalue weighted by molar-refractivity contribution is 6.32. The van der Waals surface area contributed by atoms with Crippen LogP contribution < -0.4 is 15.0 Å². The maximum atomic E-state index is 13.5. The van der Waals surface area contributed by atoms with Crippen molar-refractivity contribution in [2.24, 2.45) is 5.10 Å². The van der Waals surface area contributed by atoms with Gasteiger partial charge in [0.15, 0.2) is 11.5 Å². The molecular weight excluding hydrogens is 505 g/mol. The lowest BCUT2D eigenvalue weighted by atomic mass is 9.88. The molecule has 0 amide bonds. The van der Waals surface area contributed by atoms with Crippen molar-refractivity contribution in [3.05, 3.63) is 98.8 Å². The van der Waals surface area contributed by atoms with Gasteiger partial charge in [0, 0.05) is 5.92 Å². The third-order valence-electron chi connectivity index (χ3n) is 6.70. The summed E-state index contributed by atoms with van der Waals surface area (Å²) in [6.07, 6.45) is 7.00. The van der Waals surface area contributed by atoms with E-state index in [1.165, 1.54) is 23.2 Å². The maximum Gasteiger partial charge on any atom is 0.282 e. The number of ether oxygens (including phenoxy) is 2. The molecule has 5 rings (SSSR count). The molecule has 1 saturated carbocycles. The number of fused-ring (bicyclic) bond motifs is 1. The Morgan fingerprint density at radius 3 is 2.61 bits per heavy atom. The second-order valence-electron chi connectivity index (χ2n) is 9.36. The first-order valence-corrected chi connectivity index (χ1v) is 13.3. The molecule has 8 heteroatoms. The summed E-state index contributed by atoms with van der Waals surface area (Å²) >= 11 is 6.60. The zero-order valence-electron chi connectivity index (χ0n) is 21.2. The Kier molecular flexibility index (Phi) is 8.03. The van der Waals surface area contributed by atoms with Gasteiger partial charge in [-0.2, -0.15) is 9.78 Å². The van der Waals surface area contributed by atoms with Crippen molar-refractivity contribution in [3.63, 3.8) is 0 Å². The van der Waals surface area contributed by atoms with Gasteiger partial charge in [0.05, 0.1) is 28.7 Å². The predicted octanol–water partition coefficient (Wildman–Crippen LogP) is 7.10. The number of nitrogens with zero attached hydrogens (tertiary/aromatic N) is 3. The van der Waals surface area contributed by atoms with Gasteiger partial charge in [0.2, 0.25) is 0 Å². The minimum atomic E-state index is -0.308. The summed E-state index contributed by atoms with van der Waals surface area (Å²) in [7, 11) is 0. The van der Waals surface area contributed by atoms with Crippen LogP contribution >= 0.6 is 11.6 Å². The van der Waals surface area contributed by atoms with Crippen LogP contribution in [0.15, 0.2) is 70.6 Å². The van der Waals surface area contributed by atoms with E-state index in [-0.39, 0.29) is 23.9 Å². The summed E-state index contributed by atoms with van der Waals surface area (Å²) in [5.41, 5.74) is 1.95. The van der Waals surface area contributed by atoms with E-state index in [4.69, 9.17) is 26.1 Å². The largest absolute Gasteiger partial charge is 0.490 e. The molecule has 4 aromatic rings. The van der Waals surface area contributed by atoms with Gasteiger partial charge in [-0.3, -0.25) is 4.79 Å². The number of hydrogen-bond acceptors (Lipinski definition) is 5. The zero-order valence-corrected chi connectivity index (χ0v) is 22.0. The van der Waals surface area contributed by atoms with E-state index in [9.17, 15) is 9.18 Å². The lowest BCUT2D eigenvalue weighted by Crippen LogP contribution is -2.25. The van der Waals surface area contributed by atoms with Crippen LogP contribution in [0.2, 0.25) is 5.02 Å². The summed E-state index contributed by atoms with van der Waals surface area (Å²) in [4.78, 5) is 18.3. The molecule has 0 radical (unpaired) electrons. The Bertz CT molecular complexity index is 1510. The fourth-order valence-corrected chi connectivity index (χ4v) is 5.08. The molecule has 1 aliphatic carbocycles. The normalized spacial score (nSPS) is 14.3. The van der Waals surface area contributed by atoms with Crippen LogP contribution in [0.25, 0.3) is 10.9 Å². The van der Waals surface area contributed by atoms with Crippen LogP contribution in [0, 0.1) is 5.82 Å². The van der Waals surface area contributed by atoms with Gasteiger partial charge >= 0.3 is 0 Å². The second kappa shape index (κ2) is 11.8. The summed E-state index contributed by atoms with van der Waals surface area (Å²) in [6.45, 7) is 2.48. The monoisotopic (exact) mass is 533 g/mol. The quantitative estimate of drug-likeness (QED) is 0.227. The van der Waals surface area contributed by atoms with Gasteiger partial charge in [0.25, 0.3) is 5.56 Å². The lowest BCUT2D eigenvalue weighted by Gasteiger charge is -2.22. The summed E-state index contributed by atoms with van der Waals surface area (Å²) in [5.74, 6) is 1.42. The minimum absolute atomic E-state index is 0.183. The van der Waals surface area contributed by atoms with Gasteiger partial charge in [-0.15, -0.1) is 0 Å². The Labute approximate surface area is 225 Å². The molecule has 1 aliphatic rings. The molecule has 3 aromatic carbocycles. The van der Waals surface area contributed by atoms with Crippen LogP contribution in [0.1, 0.15) is 61.9 Å². The molecule has 0 spiro atoms. The first-order chi connectivity index (χ1) is 18.5. The zero-order chi connectivity index (χ0) is 26.5. The average Bonchev–Trinajstić information content (AvgIpc) is 2.93. The molecule has 0 N–H and O–H groups in total. The molecule has 38 heavy (non-hydrogen) atoms. The van der Waals surface area contributed by atoms with Crippen molar-refractivity contribution < 1.29 is 13.9 Å². The molecule has 0 atom stereocenters. The molecule has 1 heterocycles. The van der Waals surface area contributed by atoms with Crippen LogP contribution in [-0.4, -0.2) is 22.5 Å². The highest BCUT2D eigenvalue weighted by Crippen LogP contribution is 2.37. The van der Waals surface area contributed by atoms with Gasteiger partial charge in [0.1, 0.15) is 18.2 Å². The molecule has 6 nitrogen and oxygen atoms in total. The van der Waals surface area contributed by atoms with Gasteiger partial charge in [-0.05, 0) is 67.3 Å². The number of hydrogen-bond donors (Lipinski definition) is 0. The highest BCUT2D eigenvalue weighted by atomic mass is 35.5. The van der Waals surface area contributed by atoms with E-state index in [0.29, 0.717) is 45.4 Å². The van der Waals surface area contributed by atoms with Crippen LogP contribution in [0.4, 0.5) is 4.39 Å². The second-order valence-corrected chi connectivity index (χ2v) is 9.77. The van der Waals surface area contributed by atoms with Crippen molar-refractivity contribution in [2.75, 3.05) is 6.61 Å². The Hall–Kier alpha value is -3.71. The van der Waals surface area contributed by atoms with Gasteiger partial charge < -0.3 is 9.47 Å². The van der Waals surface area contributed by atoms with Crippen LogP contribution in [0.5, 0.6) is 11.5 Å². The molecule has 0 aliphatic heterocycles. The fraction of sp³-hybridized carbons (Fsp3) is 0.300. The molecule has 0 bridgehead atoms. The molecule has 1 fully saturated rings. The number of halogens is 2. The smallest absolute Gasteiger partial charge is 0.282 e. The molecule has 0 saturated heterocycles. The van der Waals surface area contributed by atoms with E-state index < -0.39 is 0 Å². The van der Waals surface area contributed by atoms with Gasteiger partial charge in [-0.1, -0.05) is 55.1 Å². The summed E-state index contributed by atoms with van der Waals surface area (Å²) in [6, 6.07) is 16.9. The summed E-state index contributed by atoms with van der Waals surface area (Å²) < 4.78 is 26.4. The van der Waals surface area contributed by atoms with Gasteiger partial charge in [-0.25, -0.2) is 9.37 Å². The van der Waals surface area contributed by atoms with E-state index in [1.54, 1.807) is 36.5 Å². The number of rotatable bonds is 8. The number of aromatic nitrogens is 2. The third-order valence-corrected chi connectivity index (χ3v) is 6.98. The van der Waals surface area contributed by atoms with Crippen molar-refractivity contribution >= 4 is 28.7 Å². The van der Waals surface area contributed by atoms with E-state index in [2.05, 4.69) is 5.10 Å². The van der Waals surface area contributed by atoms with Crippen molar-refractivity contribution in [1.29, 1.82) is 0 Å². The maximum absolute atomic E-state index is 13.5. The van der Waals surface area contributed by atoms with E-state index in [0.717, 1.165) is 31.2 Å². The van der Waals surface area contributed by atoms with Crippen molar-refractivity contribution in [3.8, 4) is 11.5 Å². The van der Waals surface area contributed by atoms with E-state index in [1.807, 2.05) is 25.1 Å². The highest BCUT2D eigenvalue weighted by Gasteiger charge is 2.22. The van der Waals surface area contributed by atoms with Crippen molar-refractivity contribution in [2.45, 2.75) is 51.6 Å². The third kappa shape index (κ3) is 5.73. The standard InChI is InChI=1S/C30H29ClFN3O3/c1-2-37-27-17-21(16-25(31)28(27)38-19-20-12-14-23(32)15-13-20)18-33-35-29(22-8-4-3-5-9-22)34-26-11-7-6-10-24(26)30(35)36/h6-7,10-18,22H,2-5,8-9,19H2,1H3. The molecule has 0 unspecified atom stereocenters. The molecule has 196 valence electrons. The minimum Gasteiger partial charge on any atom is -0.490 e. The average molecular weight is 534 g/mol. The Morgan fingerprint density at radius 1 is 1.08 bits per heavy atom. The molecule has 1 aromatic heterocycles. The van der Waals surface area contributed by atoms with Crippen molar-refractivity contribution in [1.82, 2.24) is 9.66 Å². The predicted molar refractivity (Wildman–Crippen MR) is 148 cm³/mol. The number of para-hydroxylation sites is 1. The van der Waals surface area contributed by atoms with Crippen LogP contribution in [-0.2, 0) is 6.61 Å². The Morgan fingerprint density at radius 2 is 1.84 bits per heavy atom. The first-order valence-electron chi connectivity index (χ1n) is 12.9. The van der Waals surface area contributed by atoms with E-state index >= 15 is 0 Å². The summed E-state index contributed by atoms with van der Waals surface area (Å²) in [5, 5.41) is 5.47. The lowest BCUT2D eigenvalue weighted by molar-refractivity contribution is 0.269. The Balaban J connectivity index is 1.48. The fourth-order valence-electron chi connectivity index (χ4n) is 4.80. The molecular formula is C30H29ClFN3O3. The number of benzene rings is 3. The van der Waals surface area contributed by atoms with Crippen LogP contribution in [0.3, 0.4) is 0 Å². The SMILES string of the molecule is CCOc1cc(C=Nn2c(C3CCCCC3)nc3ccccc3c2=O)cc(Cl)c1OCc1ccc(F)cc1. The topological polar surface area (TPSA) is 65.7 Å².